The fourth-order valence-corrected chi connectivity index (χ4v) is 1.38. The lowest BCUT2D eigenvalue weighted by Gasteiger charge is -2.08. The molecular formula is C12H13FO3. The molecule has 0 bridgehead atoms. The van der Waals surface area contributed by atoms with Crippen molar-refractivity contribution in [2.75, 3.05) is 0 Å². The summed E-state index contributed by atoms with van der Waals surface area (Å²) in [6.07, 6.45) is 0.361. The third-order valence-corrected chi connectivity index (χ3v) is 2.44. The molecule has 1 rings (SSSR count). The van der Waals surface area contributed by atoms with Crippen molar-refractivity contribution in [3.8, 4) is 0 Å². The minimum Gasteiger partial charge on any atom is -0.481 e. The molecule has 1 aromatic rings. The molecule has 0 heterocycles. The maximum atomic E-state index is 12.6. The van der Waals surface area contributed by atoms with Gasteiger partial charge in [-0.15, -0.1) is 0 Å². The Hall–Kier alpha value is -1.71. The molecule has 0 aliphatic rings. The van der Waals surface area contributed by atoms with Crippen LogP contribution < -0.4 is 0 Å². The van der Waals surface area contributed by atoms with Gasteiger partial charge in [-0.1, -0.05) is 6.92 Å². The average molecular weight is 224 g/mol. The molecular weight excluding hydrogens is 211 g/mol. The number of carboxylic acid groups (broad SMARTS) is 1. The number of benzene rings is 1. The van der Waals surface area contributed by atoms with Crippen molar-refractivity contribution in [2.24, 2.45) is 5.92 Å². The highest BCUT2D eigenvalue weighted by Gasteiger charge is 2.19. The summed E-state index contributed by atoms with van der Waals surface area (Å²) < 4.78 is 12.6. The first-order valence-corrected chi connectivity index (χ1v) is 5.06. The Bertz CT molecular complexity index is 384. The third-order valence-electron chi connectivity index (χ3n) is 2.44. The van der Waals surface area contributed by atoms with Crippen LogP contribution in [0.3, 0.4) is 0 Å². The lowest BCUT2D eigenvalue weighted by molar-refractivity contribution is -0.141. The largest absolute Gasteiger partial charge is 0.481 e. The van der Waals surface area contributed by atoms with Crippen molar-refractivity contribution >= 4 is 11.8 Å². The minimum atomic E-state index is -0.974. The second-order valence-corrected chi connectivity index (χ2v) is 3.58. The zero-order valence-corrected chi connectivity index (χ0v) is 8.94. The molecule has 86 valence electrons. The number of carbonyl (C=O) groups is 2. The van der Waals surface area contributed by atoms with Crippen LogP contribution in [-0.2, 0) is 4.79 Å². The maximum Gasteiger partial charge on any atom is 0.306 e. The molecule has 0 aliphatic carbocycles. The highest BCUT2D eigenvalue weighted by molar-refractivity contribution is 5.97. The first-order chi connectivity index (χ1) is 7.54. The second-order valence-electron chi connectivity index (χ2n) is 3.58. The highest BCUT2D eigenvalue weighted by atomic mass is 19.1. The topological polar surface area (TPSA) is 54.4 Å². The van der Waals surface area contributed by atoms with E-state index in [9.17, 15) is 14.0 Å². The number of ketones is 1. The van der Waals surface area contributed by atoms with E-state index in [1.165, 1.54) is 24.3 Å². The van der Waals surface area contributed by atoms with Crippen LogP contribution in [-0.4, -0.2) is 16.9 Å². The summed E-state index contributed by atoms with van der Waals surface area (Å²) in [6.45, 7) is 1.72. The van der Waals surface area contributed by atoms with E-state index in [0.717, 1.165) is 0 Å². The van der Waals surface area contributed by atoms with Gasteiger partial charge in [-0.25, -0.2) is 4.39 Å². The van der Waals surface area contributed by atoms with Crippen LogP contribution in [0.5, 0.6) is 0 Å². The summed E-state index contributed by atoms with van der Waals surface area (Å²) in [5, 5.41) is 8.80. The summed E-state index contributed by atoms with van der Waals surface area (Å²) in [7, 11) is 0. The number of carbonyl (C=O) groups excluding carboxylic acids is 1. The van der Waals surface area contributed by atoms with E-state index in [0.29, 0.717) is 12.0 Å². The average Bonchev–Trinajstić information content (AvgIpc) is 2.26. The van der Waals surface area contributed by atoms with Crippen molar-refractivity contribution in [3.63, 3.8) is 0 Å². The molecule has 0 saturated carbocycles. The van der Waals surface area contributed by atoms with E-state index < -0.39 is 17.7 Å². The van der Waals surface area contributed by atoms with Crippen LogP contribution in [0.15, 0.2) is 24.3 Å². The molecule has 0 radical (unpaired) electrons. The number of aliphatic carboxylic acids is 1. The number of Topliss-reactive ketones (excluding diaryl/α,β-unsaturated/α-hetero) is 1. The summed E-state index contributed by atoms with van der Waals surface area (Å²) in [4.78, 5) is 22.4. The Morgan fingerprint density at radius 1 is 1.31 bits per heavy atom. The number of hydrogen-bond donors (Lipinski definition) is 1. The van der Waals surface area contributed by atoms with Gasteiger partial charge >= 0.3 is 5.97 Å². The molecule has 0 amide bonds. The van der Waals surface area contributed by atoms with Crippen LogP contribution in [0.25, 0.3) is 0 Å². The molecule has 3 nitrogen and oxygen atoms in total. The van der Waals surface area contributed by atoms with E-state index in [4.69, 9.17) is 5.11 Å². The fourth-order valence-electron chi connectivity index (χ4n) is 1.38. The predicted octanol–water partition coefficient (Wildman–Crippen LogP) is 2.51. The molecule has 1 aromatic carbocycles. The molecule has 1 N–H and O–H groups in total. The third kappa shape index (κ3) is 3.15. The first kappa shape index (κ1) is 12.4. The van der Waals surface area contributed by atoms with E-state index in [1.807, 2.05) is 0 Å². The summed E-state index contributed by atoms with van der Waals surface area (Å²) in [6, 6.07) is 5.11. The van der Waals surface area contributed by atoms with Gasteiger partial charge < -0.3 is 5.11 Å². The number of rotatable bonds is 5. The quantitative estimate of drug-likeness (QED) is 0.782. The summed E-state index contributed by atoms with van der Waals surface area (Å²) >= 11 is 0. The van der Waals surface area contributed by atoms with Gasteiger partial charge in [0.2, 0.25) is 0 Å². The Morgan fingerprint density at radius 2 is 1.88 bits per heavy atom. The number of carboxylic acids is 1. The normalized spacial score (nSPS) is 12.1. The summed E-state index contributed by atoms with van der Waals surface area (Å²) in [5.74, 6) is -2.33. The summed E-state index contributed by atoms with van der Waals surface area (Å²) in [5.41, 5.74) is 0.348. The molecule has 1 atom stereocenters. The van der Waals surface area contributed by atoms with Gasteiger partial charge in [-0.2, -0.15) is 0 Å². The standard InChI is InChI=1S/C12H13FO3/c1-2-8(12(15)16)7-11(14)9-3-5-10(13)6-4-9/h3-6,8H,2,7H2,1H3,(H,15,16). The lowest BCUT2D eigenvalue weighted by Crippen LogP contribution is -2.17. The molecule has 1 unspecified atom stereocenters. The van der Waals surface area contributed by atoms with Crippen molar-refractivity contribution in [1.82, 2.24) is 0 Å². The smallest absolute Gasteiger partial charge is 0.306 e. The van der Waals surface area contributed by atoms with Crippen molar-refractivity contribution in [2.45, 2.75) is 19.8 Å². The molecule has 0 aliphatic heterocycles. The monoisotopic (exact) mass is 224 g/mol. The molecule has 0 fully saturated rings. The maximum absolute atomic E-state index is 12.6. The van der Waals surface area contributed by atoms with Crippen LogP contribution in [0.4, 0.5) is 4.39 Å². The minimum absolute atomic E-state index is 0.0442. The Kier molecular flexibility index (Phi) is 4.17. The molecule has 0 spiro atoms. The van der Waals surface area contributed by atoms with Crippen molar-refractivity contribution in [3.05, 3.63) is 35.6 Å². The van der Waals surface area contributed by atoms with E-state index in [1.54, 1.807) is 6.92 Å². The van der Waals surface area contributed by atoms with E-state index >= 15 is 0 Å². The van der Waals surface area contributed by atoms with Gasteiger partial charge in [0.05, 0.1) is 5.92 Å². The zero-order valence-electron chi connectivity index (χ0n) is 8.94. The van der Waals surface area contributed by atoms with Crippen LogP contribution in [0.2, 0.25) is 0 Å². The van der Waals surface area contributed by atoms with Crippen LogP contribution in [0.1, 0.15) is 30.1 Å². The Balaban J connectivity index is 2.71. The van der Waals surface area contributed by atoms with Crippen molar-refractivity contribution < 1.29 is 19.1 Å². The van der Waals surface area contributed by atoms with E-state index in [2.05, 4.69) is 0 Å². The zero-order chi connectivity index (χ0) is 12.1. The van der Waals surface area contributed by atoms with E-state index in [-0.39, 0.29) is 12.2 Å². The van der Waals surface area contributed by atoms with Gasteiger partial charge in [-0.05, 0) is 30.7 Å². The Morgan fingerprint density at radius 3 is 2.31 bits per heavy atom. The van der Waals surface area contributed by atoms with Crippen LogP contribution in [0, 0.1) is 11.7 Å². The van der Waals surface area contributed by atoms with Crippen LogP contribution >= 0.6 is 0 Å². The van der Waals surface area contributed by atoms with Gasteiger partial charge in [0.15, 0.2) is 5.78 Å². The predicted molar refractivity (Wildman–Crippen MR) is 56.8 cm³/mol. The van der Waals surface area contributed by atoms with Gasteiger partial charge in [0, 0.05) is 12.0 Å². The molecule has 16 heavy (non-hydrogen) atoms. The van der Waals surface area contributed by atoms with Gasteiger partial charge in [0.25, 0.3) is 0 Å². The molecule has 0 saturated heterocycles. The number of halogens is 1. The van der Waals surface area contributed by atoms with Gasteiger partial charge in [0.1, 0.15) is 5.82 Å². The number of hydrogen-bond acceptors (Lipinski definition) is 2. The first-order valence-electron chi connectivity index (χ1n) is 5.06. The second kappa shape index (κ2) is 5.39. The molecule has 0 aromatic heterocycles. The highest BCUT2D eigenvalue weighted by Crippen LogP contribution is 2.14. The van der Waals surface area contributed by atoms with Gasteiger partial charge in [-0.3, -0.25) is 9.59 Å². The van der Waals surface area contributed by atoms with Crippen molar-refractivity contribution in [1.29, 1.82) is 0 Å². The lowest BCUT2D eigenvalue weighted by atomic mass is 9.96. The molecule has 4 heteroatoms. The SMILES string of the molecule is CCC(CC(=O)c1ccc(F)cc1)C(=O)O. The fraction of sp³-hybridized carbons (Fsp3) is 0.333. The Labute approximate surface area is 92.9 Å².